The molecule has 3 aliphatic rings. The molecule has 4 aromatic rings. The van der Waals surface area contributed by atoms with Crippen LogP contribution in [0.15, 0.2) is 22.2 Å². The maximum absolute atomic E-state index is 12.9. The summed E-state index contributed by atoms with van der Waals surface area (Å²) in [6.07, 6.45) is -6.78. The van der Waals surface area contributed by atoms with E-state index < -0.39 is 103 Å². The van der Waals surface area contributed by atoms with Crippen molar-refractivity contribution in [3.05, 3.63) is 39.2 Å². The number of methoxy groups -OCH3 is 1. The molecule has 3 aliphatic heterocycles. The van der Waals surface area contributed by atoms with Gasteiger partial charge in [0.05, 0.1) is 26.6 Å². The Balaban J connectivity index is 0.987. The topological polar surface area (TPSA) is 359 Å². The molecule has 7 rings (SSSR count). The summed E-state index contributed by atoms with van der Waals surface area (Å²) >= 11 is 0. The van der Waals surface area contributed by atoms with E-state index in [0.29, 0.717) is 0 Å². The Morgan fingerprint density at radius 1 is 0.911 bits per heavy atom. The molecule has 7 heterocycles. The maximum Gasteiger partial charge on any atom is 0.490 e. The van der Waals surface area contributed by atoms with E-state index in [9.17, 15) is 43.1 Å². The van der Waals surface area contributed by atoms with Gasteiger partial charge in [0, 0.05) is 7.11 Å². The number of phosphoric acid groups is 3. The average molecular weight is 857 g/mol. The van der Waals surface area contributed by atoms with Crippen LogP contribution in [0.4, 0.5) is 5.95 Å². The lowest BCUT2D eigenvalue weighted by molar-refractivity contribution is -0.646. The third-order valence-corrected chi connectivity index (χ3v) is 13.1. The van der Waals surface area contributed by atoms with Gasteiger partial charge in [0.15, 0.2) is 29.3 Å². The third-order valence-electron chi connectivity index (χ3n) is 8.81. The summed E-state index contributed by atoms with van der Waals surface area (Å²) in [5, 5.41) is 10.9. The fraction of sp³-hybridized carbons (Fsp3) is 0.615. The number of anilines is 1. The van der Waals surface area contributed by atoms with Crippen LogP contribution in [0.2, 0.25) is 0 Å². The van der Waals surface area contributed by atoms with E-state index in [-0.39, 0.29) is 34.1 Å². The molecule has 0 aromatic carbocycles. The zero-order chi connectivity index (χ0) is 40.7. The van der Waals surface area contributed by atoms with Gasteiger partial charge in [0.25, 0.3) is 16.7 Å². The largest absolute Gasteiger partial charge is 0.490 e. The summed E-state index contributed by atoms with van der Waals surface area (Å²) in [5.74, 6) is -1.13. The second kappa shape index (κ2) is 14.5. The number of imidazole rings is 2. The number of phosphoric ester groups is 2. The van der Waals surface area contributed by atoms with Gasteiger partial charge in [-0.3, -0.25) is 28.2 Å². The van der Waals surface area contributed by atoms with Crippen molar-refractivity contribution in [1.29, 1.82) is 0 Å². The molecule has 11 atom stereocenters. The minimum absolute atomic E-state index is 0.0494. The van der Waals surface area contributed by atoms with Gasteiger partial charge in [-0.1, -0.05) is 0 Å². The number of rotatable bonds is 13. The number of nitrogens with two attached hydrogens (primary N) is 1. The Kier molecular flexibility index (Phi) is 10.6. The Labute approximate surface area is 313 Å². The number of hydrogen-bond acceptors (Lipinski definition) is 19. The first-order chi connectivity index (χ1) is 26.1. The zero-order valence-electron chi connectivity index (χ0n) is 29.8. The number of nitrogen functional groups attached to an aromatic ring is 1. The molecule has 0 amide bonds. The predicted molar refractivity (Wildman–Crippen MR) is 181 cm³/mol. The number of nitrogens with zero attached hydrogens (tertiary/aromatic N) is 6. The van der Waals surface area contributed by atoms with Crippen molar-refractivity contribution in [2.24, 2.45) is 7.05 Å². The summed E-state index contributed by atoms with van der Waals surface area (Å²) in [5.41, 5.74) is 4.91. The summed E-state index contributed by atoms with van der Waals surface area (Å²) in [7, 11) is -14.4. The number of aliphatic hydroxyl groups is 1. The van der Waals surface area contributed by atoms with E-state index >= 15 is 0 Å². The van der Waals surface area contributed by atoms with Crippen LogP contribution in [-0.4, -0.2) is 117 Å². The van der Waals surface area contributed by atoms with Gasteiger partial charge in [-0.25, -0.2) is 28.2 Å². The molecule has 0 aliphatic carbocycles. The minimum Gasteiger partial charge on any atom is -0.386 e. The Morgan fingerprint density at radius 2 is 1.54 bits per heavy atom. The van der Waals surface area contributed by atoms with Crippen LogP contribution in [0.3, 0.4) is 0 Å². The quantitative estimate of drug-likeness (QED) is 0.0602. The maximum atomic E-state index is 12.9. The van der Waals surface area contributed by atoms with Crippen molar-refractivity contribution >= 4 is 51.7 Å². The van der Waals surface area contributed by atoms with Crippen LogP contribution >= 0.6 is 23.5 Å². The SMILES string of the molecule is COC1[C@@H](COP(=O)(O)OP(=O)(O)OP(=O)(O)OC[C@H]2O[C@@H](n3c[n+](C)c4c(=O)[nH]c(N)nc43)[C@H]3OC(C)(C)OC23)O[C@@H](n2cnc3c(=O)[nH]c(C)nc32)[C@H]1O. The second-order valence-electron chi connectivity index (χ2n) is 13.3. The van der Waals surface area contributed by atoms with Crippen LogP contribution in [0, 0.1) is 6.92 Å². The first kappa shape index (κ1) is 40.9. The van der Waals surface area contributed by atoms with Gasteiger partial charge in [0.1, 0.15) is 36.3 Å². The van der Waals surface area contributed by atoms with Crippen LogP contribution in [0.5, 0.6) is 0 Å². The number of ether oxygens (including phenoxy) is 5. The molecule has 0 bridgehead atoms. The smallest absolute Gasteiger partial charge is 0.386 e. The van der Waals surface area contributed by atoms with Crippen LogP contribution < -0.4 is 21.4 Å². The van der Waals surface area contributed by atoms with Crippen molar-refractivity contribution in [3.63, 3.8) is 0 Å². The van der Waals surface area contributed by atoms with E-state index in [2.05, 4.69) is 33.5 Å². The second-order valence-corrected chi connectivity index (χ2v) is 17.9. The van der Waals surface area contributed by atoms with E-state index in [4.69, 9.17) is 38.5 Å². The first-order valence-corrected chi connectivity index (χ1v) is 20.8. The highest BCUT2D eigenvalue weighted by molar-refractivity contribution is 7.66. The summed E-state index contributed by atoms with van der Waals surface area (Å²) in [4.78, 5) is 72.9. The van der Waals surface area contributed by atoms with Gasteiger partial charge in [-0.15, -0.1) is 0 Å². The Hall–Kier alpha value is -3.33. The molecule has 3 fully saturated rings. The molecule has 30 heteroatoms. The van der Waals surface area contributed by atoms with Crippen LogP contribution in [-0.2, 0) is 62.1 Å². The van der Waals surface area contributed by atoms with E-state index in [0.717, 1.165) is 0 Å². The van der Waals surface area contributed by atoms with Crippen molar-refractivity contribution in [2.45, 2.75) is 75.6 Å². The summed E-state index contributed by atoms with van der Waals surface area (Å²) < 4.78 is 89.7. The van der Waals surface area contributed by atoms with Crippen molar-refractivity contribution < 1.29 is 79.4 Å². The van der Waals surface area contributed by atoms with Crippen molar-refractivity contribution in [2.75, 3.05) is 26.1 Å². The molecule has 5 unspecified atom stereocenters. The van der Waals surface area contributed by atoms with Crippen LogP contribution in [0.25, 0.3) is 22.3 Å². The lowest BCUT2D eigenvalue weighted by Crippen LogP contribution is -2.35. The lowest BCUT2D eigenvalue weighted by atomic mass is 10.1. The number of nitrogens with one attached hydrogen (secondary N) is 2. The van der Waals surface area contributed by atoms with Gasteiger partial charge in [-0.05, 0) is 20.8 Å². The average Bonchev–Trinajstić information content (AvgIpc) is 3.85. The van der Waals surface area contributed by atoms with Gasteiger partial charge >= 0.3 is 29.0 Å². The fourth-order valence-corrected chi connectivity index (χ4v) is 10.2. The molecule has 308 valence electrons. The highest BCUT2D eigenvalue weighted by Crippen LogP contribution is 2.68. The predicted octanol–water partition coefficient (Wildman–Crippen LogP) is -1.37. The summed E-state index contributed by atoms with van der Waals surface area (Å²) in [6.45, 7) is 2.99. The number of aryl methyl sites for hydroxylation is 2. The highest BCUT2D eigenvalue weighted by Gasteiger charge is 2.59. The van der Waals surface area contributed by atoms with Gasteiger partial charge in [0.2, 0.25) is 18.5 Å². The van der Waals surface area contributed by atoms with Crippen molar-refractivity contribution in [3.8, 4) is 0 Å². The molecule has 0 radical (unpaired) electrons. The summed E-state index contributed by atoms with van der Waals surface area (Å²) in [6, 6.07) is 0. The molecule has 8 N–H and O–H groups in total. The van der Waals surface area contributed by atoms with E-state index in [1.165, 1.54) is 40.4 Å². The molecule has 4 aromatic heterocycles. The molecular formula is C26H37N9O18P3+. The van der Waals surface area contributed by atoms with Crippen LogP contribution in [0.1, 0.15) is 32.1 Å². The number of aromatic nitrogens is 8. The molecule has 0 spiro atoms. The highest BCUT2D eigenvalue weighted by atomic mass is 31.3. The Morgan fingerprint density at radius 3 is 2.20 bits per heavy atom. The molecule has 56 heavy (non-hydrogen) atoms. The lowest BCUT2D eigenvalue weighted by Gasteiger charge is -2.24. The Bertz CT molecular complexity index is 2440. The standard InChI is InChI=1S/C26H36N9O18P3/c1-10-29-19-13(21(37)30-10)28-8-34(19)23-15(36)16(45-5)11(48-23)6-46-54(39,40)52-56(43,44)53-55(41,42)47-7-12-17-18(51-26(2,3)50-17)24(49-12)35-9-33(4)14-20(35)31-25(27)32-22(14)38/h8-9,11-12,15-18,23-24,36H,6-7H2,1-5H3,(H6-,27,29,30,31,32,37,38,39,40,41,42,43,44)/p+1/t11-,12-,15+,16?,17?,18+,23-,24-/m1/s1. The van der Waals surface area contributed by atoms with E-state index in [1.807, 2.05) is 0 Å². The number of H-pyrrole nitrogens is 2. The van der Waals surface area contributed by atoms with Crippen molar-refractivity contribution in [1.82, 2.24) is 34.1 Å². The number of fused-ring (bicyclic) bond motifs is 3. The molecule has 0 saturated carbocycles. The van der Waals surface area contributed by atoms with E-state index in [1.54, 1.807) is 20.9 Å². The monoisotopic (exact) mass is 856 g/mol. The fourth-order valence-electron chi connectivity index (χ4n) is 6.73. The molecule has 3 saturated heterocycles. The van der Waals surface area contributed by atoms with Gasteiger partial charge < -0.3 is 54.2 Å². The zero-order valence-corrected chi connectivity index (χ0v) is 32.5. The third kappa shape index (κ3) is 7.92. The normalized spacial score (nSPS) is 30.7. The van der Waals surface area contributed by atoms with Gasteiger partial charge in [-0.2, -0.15) is 18.2 Å². The first-order valence-electron chi connectivity index (χ1n) is 16.3. The molecule has 27 nitrogen and oxygen atoms in total. The number of hydrogen-bond donors (Lipinski definition) is 7. The minimum atomic E-state index is -5.93. The molecular weight excluding hydrogens is 819 g/mol. The number of aliphatic hydroxyl groups excluding tert-OH is 1. The number of aromatic amines is 2.